The monoisotopic (exact) mass is 396 g/mol. The highest BCUT2D eigenvalue weighted by Crippen LogP contribution is 2.48. The van der Waals surface area contributed by atoms with E-state index in [1.54, 1.807) is 18.5 Å². The van der Waals surface area contributed by atoms with Crippen LogP contribution in [0.3, 0.4) is 0 Å². The smallest absolute Gasteiger partial charge is 0.330 e. The first-order valence-corrected chi connectivity index (χ1v) is 10.6. The first-order chi connectivity index (χ1) is 13.0. The zero-order chi connectivity index (χ0) is 19.4. The van der Waals surface area contributed by atoms with Crippen LogP contribution in [0.4, 0.5) is 0 Å². The Kier molecular flexibility index (Phi) is 6.15. The van der Waals surface area contributed by atoms with Gasteiger partial charge in [0.1, 0.15) is 23.6 Å². The van der Waals surface area contributed by atoms with E-state index in [4.69, 9.17) is 14.8 Å². The quantitative estimate of drug-likeness (QED) is 0.617. The van der Waals surface area contributed by atoms with E-state index in [1.807, 2.05) is 18.1 Å². The van der Waals surface area contributed by atoms with Crippen LogP contribution in [-0.2, 0) is 20.2 Å². The molecule has 148 valence electrons. The van der Waals surface area contributed by atoms with Gasteiger partial charge >= 0.3 is 7.60 Å². The number of aliphatic imine (C=N–C) groups is 3. The van der Waals surface area contributed by atoms with Gasteiger partial charge in [-0.25, -0.2) is 9.98 Å². The number of hydrogen-bond acceptors (Lipinski definition) is 10. The van der Waals surface area contributed by atoms with Crippen molar-refractivity contribution in [3.8, 4) is 0 Å². The molecule has 0 aliphatic carbocycles. The van der Waals surface area contributed by atoms with Gasteiger partial charge in [-0.05, 0) is 27.3 Å². The molecule has 0 bridgehead atoms. The van der Waals surface area contributed by atoms with E-state index in [1.165, 1.54) is 6.34 Å². The van der Waals surface area contributed by atoms with Crippen LogP contribution in [0.15, 0.2) is 21.2 Å². The van der Waals surface area contributed by atoms with Crippen LogP contribution in [0.2, 0.25) is 0 Å². The molecule has 27 heavy (non-hydrogen) atoms. The van der Waals surface area contributed by atoms with Crippen LogP contribution in [0, 0.1) is 0 Å². The van der Waals surface area contributed by atoms with Gasteiger partial charge in [0.05, 0.1) is 25.6 Å². The Morgan fingerprint density at radius 3 is 2.67 bits per heavy atom. The van der Waals surface area contributed by atoms with Gasteiger partial charge in [0.25, 0.3) is 0 Å². The molecule has 1 aromatic heterocycles. The molecule has 2 unspecified atom stereocenters. The van der Waals surface area contributed by atoms with E-state index in [0.717, 1.165) is 0 Å². The molecule has 2 atom stereocenters. The molecule has 3 rings (SSSR count). The number of hydrogen-bond donors (Lipinski definition) is 1. The molecule has 0 aromatic carbocycles. The van der Waals surface area contributed by atoms with E-state index in [0.29, 0.717) is 49.6 Å². The highest BCUT2D eigenvalue weighted by Gasteiger charge is 2.38. The van der Waals surface area contributed by atoms with Crippen LogP contribution < -0.4 is 5.73 Å². The highest BCUT2D eigenvalue weighted by atomic mass is 31.2. The summed E-state index contributed by atoms with van der Waals surface area (Å²) in [6.45, 7) is 4.86. The first kappa shape index (κ1) is 19.8. The molecular weight excluding hydrogens is 371 g/mol. The van der Waals surface area contributed by atoms with Gasteiger partial charge in [-0.1, -0.05) is 5.21 Å². The van der Waals surface area contributed by atoms with Crippen molar-refractivity contribution in [2.45, 2.75) is 39.1 Å². The number of nitrogens with two attached hydrogens (primary N) is 1. The molecule has 2 N–H and O–H groups in total. The van der Waals surface area contributed by atoms with Gasteiger partial charge < -0.3 is 14.8 Å². The van der Waals surface area contributed by atoms with Crippen molar-refractivity contribution >= 4 is 25.5 Å². The highest BCUT2D eigenvalue weighted by molar-refractivity contribution is 7.53. The average Bonchev–Trinajstić information content (AvgIpc) is 3.21. The Labute approximate surface area is 157 Å². The summed E-state index contributed by atoms with van der Waals surface area (Å²) in [4.78, 5) is 14.8. The van der Waals surface area contributed by atoms with Crippen LogP contribution in [0.25, 0.3) is 0 Å². The lowest BCUT2D eigenvalue weighted by atomic mass is 10.2. The number of aryl methyl sites for hydroxylation is 1. The molecule has 12 heteroatoms. The Bertz CT molecular complexity index is 795. The molecule has 0 spiro atoms. The number of aromatic nitrogens is 3. The Balaban J connectivity index is 1.62. The molecule has 0 amide bonds. The summed E-state index contributed by atoms with van der Waals surface area (Å²) in [7, 11) is -1.14. The van der Waals surface area contributed by atoms with Gasteiger partial charge in [-0.3, -0.25) is 19.1 Å². The lowest BCUT2D eigenvalue weighted by molar-refractivity contribution is 0.219. The first-order valence-electron chi connectivity index (χ1n) is 8.90. The Morgan fingerprint density at radius 1 is 1.26 bits per heavy atom. The number of fused-ring (bicyclic) bond motifs is 1. The van der Waals surface area contributed by atoms with Crippen LogP contribution in [-0.4, -0.2) is 70.4 Å². The third kappa shape index (κ3) is 4.32. The van der Waals surface area contributed by atoms with E-state index in [2.05, 4.69) is 25.3 Å². The fraction of sp³-hybridized carbons (Fsp3) is 0.667. The van der Waals surface area contributed by atoms with Gasteiger partial charge in [0, 0.05) is 6.54 Å². The molecule has 0 radical (unpaired) electrons. The molecule has 0 saturated carbocycles. The molecule has 3 heterocycles. The average molecular weight is 396 g/mol. The normalized spacial score (nSPS) is 22.6. The number of rotatable bonds is 9. The fourth-order valence-electron chi connectivity index (χ4n) is 3.02. The predicted molar refractivity (Wildman–Crippen MR) is 102 cm³/mol. The standard InChI is InChI=1S/C15H25N8O3P/c1-4-25-27(24,26-5-2)8-6-7-23-9-11(20-21-23)14-19-12-13(16)17-10-18-15(12)22(14)3/h9-10,14-15H,4-8H2,1-3H3,(H2,16,17,18). The fourth-order valence-corrected chi connectivity index (χ4v) is 4.67. The second kappa shape index (κ2) is 8.39. The van der Waals surface area contributed by atoms with Crippen LogP contribution in [0.1, 0.15) is 32.1 Å². The molecule has 0 saturated heterocycles. The zero-order valence-corrected chi connectivity index (χ0v) is 16.6. The maximum Gasteiger partial charge on any atom is 0.330 e. The number of nitrogens with zero attached hydrogens (tertiary/aromatic N) is 7. The SMILES string of the molecule is CCOP(=O)(CCCn1cc(C2N=C3C(N)=NC=NC3N2C)nn1)OCC. The maximum atomic E-state index is 12.5. The summed E-state index contributed by atoms with van der Waals surface area (Å²) >= 11 is 0. The summed E-state index contributed by atoms with van der Waals surface area (Å²) in [6, 6.07) is 0. The third-order valence-corrected chi connectivity index (χ3v) is 6.40. The van der Waals surface area contributed by atoms with Gasteiger partial charge in [-0.2, -0.15) is 0 Å². The van der Waals surface area contributed by atoms with E-state index < -0.39 is 7.60 Å². The second-order valence-electron chi connectivity index (χ2n) is 6.14. The van der Waals surface area contributed by atoms with Crippen LogP contribution >= 0.6 is 7.60 Å². The molecule has 2 aliphatic rings. The van der Waals surface area contributed by atoms with Gasteiger partial charge in [0.2, 0.25) is 0 Å². The summed E-state index contributed by atoms with van der Waals surface area (Å²) in [6.07, 6.45) is 3.64. The maximum absolute atomic E-state index is 12.5. The lowest BCUT2D eigenvalue weighted by Gasteiger charge is -2.21. The second-order valence-corrected chi connectivity index (χ2v) is 8.32. The van der Waals surface area contributed by atoms with Crippen molar-refractivity contribution in [2.75, 3.05) is 26.4 Å². The van der Waals surface area contributed by atoms with Crippen molar-refractivity contribution in [1.82, 2.24) is 19.9 Å². The van der Waals surface area contributed by atoms with Gasteiger partial charge in [-0.15, -0.1) is 5.10 Å². The molecule has 0 fully saturated rings. The largest absolute Gasteiger partial charge is 0.382 e. The number of amidine groups is 1. The molecule has 2 aliphatic heterocycles. The van der Waals surface area contributed by atoms with Crippen molar-refractivity contribution in [1.29, 1.82) is 0 Å². The van der Waals surface area contributed by atoms with E-state index in [-0.39, 0.29) is 12.3 Å². The van der Waals surface area contributed by atoms with Crippen molar-refractivity contribution < 1.29 is 13.6 Å². The Morgan fingerprint density at radius 2 is 2.00 bits per heavy atom. The molecular formula is C15H25N8O3P. The van der Waals surface area contributed by atoms with E-state index in [9.17, 15) is 4.57 Å². The van der Waals surface area contributed by atoms with Crippen molar-refractivity contribution in [3.63, 3.8) is 0 Å². The summed E-state index contributed by atoms with van der Waals surface area (Å²) in [5.74, 6) is 0.374. The van der Waals surface area contributed by atoms with Gasteiger partial charge in [0.15, 0.2) is 12.3 Å². The molecule has 11 nitrogen and oxygen atoms in total. The predicted octanol–water partition coefficient (Wildman–Crippen LogP) is 1.04. The van der Waals surface area contributed by atoms with E-state index >= 15 is 0 Å². The lowest BCUT2D eigenvalue weighted by Crippen LogP contribution is -2.40. The Hall–Kier alpha value is -1.94. The molecule has 1 aromatic rings. The summed E-state index contributed by atoms with van der Waals surface area (Å²) in [5.41, 5.74) is 7.23. The minimum atomic E-state index is -3.04. The minimum absolute atomic E-state index is 0.249. The summed E-state index contributed by atoms with van der Waals surface area (Å²) < 4.78 is 24.8. The third-order valence-electron chi connectivity index (χ3n) is 4.24. The summed E-state index contributed by atoms with van der Waals surface area (Å²) in [5, 5.41) is 8.36. The van der Waals surface area contributed by atoms with Crippen molar-refractivity contribution in [3.05, 3.63) is 11.9 Å². The zero-order valence-electron chi connectivity index (χ0n) is 15.7. The van der Waals surface area contributed by atoms with Crippen molar-refractivity contribution in [2.24, 2.45) is 20.7 Å². The van der Waals surface area contributed by atoms with Crippen LogP contribution in [0.5, 0.6) is 0 Å². The topological polar surface area (TPSA) is 133 Å². The minimum Gasteiger partial charge on any atom is -0.382 e.